The molecule has 3 atom stereocenters. The molecule has 0 aromatic carbocycles. The molecule has 0 amide bonds. The molecule has 0 aliphatic rings. The van der Waals surface area contributed by atoms with Crippen molar-refractivity contribution in [2.24, 2.45) is 5.73 Å². The highest BCUT2D eigenvalue weighted by atomic mass is 16.5. The number of nitrogens with two attached hydrogens (primary N) is 1. The van der Waals surface area contributed by atoms with E-state index >= 15 is 0 Å². The molecule has 0 spiro atoms. The maximum absolute atomic E-state index is 11.6. The number of aliphatic hydroxyl groups is 1. The van der Waals surface area contributed by atoms with Crippen LogP contribution in [0.25, 0.3) is 0 Å². The molecule has 0 radical (unpaired) electrons. The van der Waals surface area contributed by atoms with E-state index in [1.807, 2.05) is 0 Å². The van der Waals surface area contributed by atoms with Crippen LogP contribution < -0.4 is 11.1 Å². The van der Waals surface area contributed by atoms with Crippen LogP contribution in [0, 0.1) is 0 Å². The smallest absolute Gasteiger partial charge is 0.323 e. The minimum atomic E-state index is -0.944. The van der Waals surface area contributed by atoms with E-state index in [9.17, 15) is 15.0 Å². The van der Waals surface area contributed by atoms with Gasteiger partial charge in [-0.1, -0.05) is 64.7 Å². The molecule has 0 bridgehead atoms. The number of carbonyl (C=O) groups is 1. The predicted molar refractivity (Wildman–Crippen MR) is 111 cm³/mol. The number of rotatable bonds is 20. The van der Waals surface area contributed by atoms with E-state index in [-0.39, 0.29) is 6.54 Å². The van der Waals surface area contributed by atoms with Crippen molar-refractivity contribution in [1.29, 1.82) is 0 Å². The normalized spacial score (nSPS) is 14.8. The lowest BCUT2D eigenvalue weighted by Gasteiger charge is -2.26. The van der Waals surface area contributed by atoms with Crippen LogP contribution in [0.2, 0.25) is 0 Å². The number of carboxylic acid groups (broad SMARTS) is 1. The number of nitrogens with one attached hydrogen (secondary N) is 1. The van der Waals surface area contributed by atoms with Crippen LogP contribution in [-0.4, -0.2) is 54.1 Å². The van der Waals surface area contributed by atoms with Crippen LogP contribution in [-0.2, 0) is 9.53 Å². The van der Waals surface area contributed by atoms with Crippen LogP contribution in [0.4, 0.5) is 0 Å². The second kappa shape index (κ2) is 18.7. The topological polar surface area (TPSA) is 105 Å². The van der Waals surface area contributed by atoms with Crippen molar-refractivity contribution in [3.8, 4) is 0 Å². The Morgan fingerprint density at radius 1 is 1.00 bits per heavy atom. The average molecular weight is 389 g/mol. The molecular weight excluding hydrogens is 344 g/mol. The standard InChI is InChI=1S/C21H44N2O4/c1-3-4-5-6-7-8-9-10-11-12-16-27-19(14-13-15-22)20(21(25)26)23-17-18(2)24/h18-20,23-24H,3-17,22H2,1-2H3,(H,25,26). The van der Waals surface area contributed by atoms with Crippen LogP contribution in [0.1, 0.15) is 90.9 Å². The first kappa shape index (κ1) is 26.3. The number of unbranched alkanes of at least 4 members (excludes halogenated alkanes) is 9. The van der Waals surface area contributed by atoms with Gasteiger partial charge in [-0.05, 0) is 32.7 Å². The van der Waals surface area contributed by atoms with E-state index < -0.39 is 24.2 Å². The molecule has 6 heteroatoms. The molecule has 0 saturated carbocycles. The Hall–Kier alpha value is -0.690. The summed E-state index contributed by atoms with van der Waals surface area (Å²) in [4.78, 5) is 11.6. The molecule has 27 heavy (non-hydrogen) atoms. The van der Waals surface area contributed by atoms with Crippen molar-refractivity contribution in [2.75, 3.05) is 19.7 Å². The number of ether oxygens (including phenoxy) is 1. The summed E-state index contributed by atoms with van der Waals surface area (Å²) >= 11 is 0. The van der Waals surface area contributed by atoms with Gasteiger partial charge in [0, 0.05) is 13.2 Å². The van der Waals surface area contributed by atoms with E-state index in [0.29, 0.717) is 19.6 Å². The maximum atomic E-state index is 11.6. The quantitative estimate of drug-likeness (QED) is 0.238. The molecular formula is C21H44N2O4. The van der Waals surface area contributed by atoms with Gasteiger partial charge in [-0.15, -0.1) is 0 Å². The average Bonchev–Trinajstić information content (AvgIpc) is 2.62. The van der Waals surface area contributed by atoms with Gasteiger partial charge in [-0.2, -0.15) is 0 Å². The third kappa shape index (κ3) is 16.0. The first-order valence-electron chi connectivity index (χ1n) is 11.0. The minimum Gasteiger partial charge on any atom is -0.480 e. The second-order valence-electron chi connectivity index (χ2n) is 7.60. The highest BCUT2D eigenvalue weighted by Crippen LogP contribution is 2.13. The van der Waals surface area contributed by atoms with Gasteiger partial charge in [0.1, 0.15) is 6.04 Å². The molecule has 0 aliphatic heterocycles. The van der Waals surface area contributed by atoms with E-state index in [1.165, 1.54) is 51.4 Å². The molecule has 5 N–H and O–H groups in total. The van der Waals surface area contributed by atoms with Crippen LogP contribution >= 0.6 is 0 Å². The minimum absolute atomic E-state index is 0.234. The predicted octanol–water partition coefficient (Wildman–Crippen LogP) is 3.46. The zero-order chi connectivity index (χ0) is 20.3. The number of carboxylic acids is 1. The fourth-order valence-electron chi connectivity index (χ4n) is 3.16. The fourth-order valence-corrected chi connectivity index (χ4v) is 3.16. The third-order valence-corrected chi connectivity index (χ3v) is 4.79. The first-order valence-corrected chi connectivity index (χ1v) is 11.0. The lowest BCUT2D eigenvalue weighted by atomic mass is 10.0. The van der Waals surface area contributed by atoms with Crippen molar-refractivity contribution >= 4 is 5.97 Å². The lowest BCUT2D eigenvalue weighted by molar-refractivity contribution is -0.144. The Morgan fingerprint density at radius 2 is 1.56 bits per heavy atom. The number of hydrogen-bond acceptors (Lipinski definition) is 5. The third-order valence-electron chi connectivity index (χ3n) is 4.79. The Morgan fingerprint density at radius 3 is 2.04 bits per heavy atom. The molecule has 0 fully saturated rings. The number of aliphatic carboxylic acids is 1. The van der Waals surface area contributed by atoms with Crippen LogP contribution in [0.3, 0.4) is 0 Å². The molecule has 0 saturated heterocycles. The van der Waals surface area contributed by atoms with Gasteiger partial charge >= 0.3 is 5.97 Å². The van der Waals surface area contributed by atoms with Gasteiger partial charge in [-0.3, -0.25) is 10.1 Å². The van der Waals surface area contributed by atoms with E-state index in [4.69, 9.17) is 10.5 Å². The summed E-state index contributed by atoms with van der Waals surface area (Å²) in [5.74, 6) is -0.944. The van der Waals surface area contributed by atoms with Gasteiger partial charge in [-0.25, -0.2) is 0 Å². The Labute approximate surface area is 166 Å². The Kier molecular flexibility index (Phi) is 18.2. The molecule has 6 nitrogen and oxygen atoms in total. The second-order valence-corrected chi connectivity index (χ2v) is 7.60. The Balaban J connectivity index is 4.00. The zero-order valence-corrected chi connectivity index (χ0v) is 17.6. The van der Waals surface area contributed by atoms with Crippen molar-refractivity contribution in [3.05, 3.63) is 0 Å². The lowest BCUT2D eigenvalue weighted by Crippen LogP contribution is -2.49. The highest BCUT2D eigenvalue weighted by molar-refractivity contribution is 5.74. The van der Waals surface area contributed by atoms with Gasteiger partial charge in [0.15, 0.2) is 0 Å². The molecule has 0 aromatic heterocycles. The molecule has 0 aromatic rings. The highest BCUT2D eigenvalue weighted by Gasteiger charge is 2.28. The summed E-state index contributed by atoms with van der Waals surface area (Å²) in [6, 6.07) is -0.811. The summed E-state index contributed by atoms with van der Waals surface area (Å²) in [7, 11) is 0. The van der Waals surface area contributed by atoms with Crippen LogP contribution in [0.15, 0.2) is 0 Å². The monoisotopic (exact) mass is 388 g/mol. The number of aliphatic hydroxyl groups excluding tert-OH is 1. The zero-order valence-electron chi connectivity index (χ0n) is 17.6. The SMILES string of the molecule is CCCCCCCCCCCCOC(CCCN)C(NCC(C)O)C(=O)O. The van der Waals surface area contributed by atoms with E-state index in [0.717, 1.165) is 19.3 Å². The molecule has 0 aliphatic carbocycles. The van der Waals surface area contributed by atoms with Gasteiger partial charge in [0.2, 0.25) is 0 Å². The summed E-state index contributed by atoms with van der Waals surface area (Å²) in [5, 5.41) is 21.8. The number of hydrogen-bond donors (Lipinski definition) is 4. The Bertz CT molecular complexity index is 340. The first-order chi connectivity index (χ1) is 13.0. The van der Waals surface area contributed by atoms with E-state index in [2.05, 4.69) is 12.2 Å². The van der Waals surface area contributed by atoms with Crippen molar-refractivity contribution in [2.45, 2.75) is 109 Å². The summed E-state index contributed by atoms with van der Waals surface area (Å²) in [5.41, 5.74) is 5.57. The van der Waals surface area contributed by atoms with Gasteiger partial charge in [0.25, 0.3) is 0 Å². The molecule has 162 valence electrons. The van der Waals surface area contributed by atoms with Gasteiger partial charge < -0.3 is 20.7 Å². The summed E-state index contributed by atoms with van der Waals surface area (Å²) in [6.45, 7) is 5.19. The fraction of sp³-hybridized carbons (Fsp3) is 0.952. The molecule has 0 rings (SSSR count). The molecule has 0 heterocycles. The van der Waals surface area contributed by atoms with Gasteiger partial charge in [0.05, 0.1) is 12.2 Å². The maximum Gasteiger partial charge on any atom is 0.323 e. The van der Waals surface area contributed by atoms with E-state index in [1.54, 1.807) is 6.92 Å². The summed E-state index contributed by atoms with van der Waals surface area (Å²) in [6.07, 6.45) is 12.9. The largest absolute Gasteiger partial charge is 0.480 e. The van der Waals surface area contributed by atoms with Crippen molar-refractivity contribution in [3.63, 3.8) is 0 Å². The van der Waals surface area contributed by atoms with Crippen molar-refractivity contribution in [1.82, 2.24) is 5.32 Å². The van der Waals surface area contributed by atoms with Crippen LogP contribution in [0.5, 0.6) is 0 Å². The van der Waals surface area contributed by atoms with Crippen molar-refractivity contribution < 1.29 is 19.7 Å². The summed E-state index contributed by atoms with van der Waals surface area (Å²) < 4.78 is 5.89. The molecule has 3 unspecified atom stereocenters.